The normalized spacial score (nSPS) is 31.8. The maximum absolute atomic E-state index is 3.61. The Bertz CT molecular complexity index is 161. The third-order valence-electron chi connectivity index (χ3n) is 3.28. The molecule has 0 radical (unpaired) electrons. The van der Waals surface area contributed by atoms with E-state index in [-0.39, 0.29) is 0 Å². The zero-order chi connectivity index (χ0) is 11.1. The van der Waals surface area contributed by atoms with Crippen LogP contribution in [0.4, 0.5) is 0 Å². The molecular weight excluding hydrogens is 186 g/mol. The molecule has 0 unspecified atom stereocenters. The molecule has 0 aromatic carbocycles. The summed E-state index contributed by atoms with van der Waals surface area (Å²) in [6.45, 7) is 9.83. The van der Waals surface area contributed by atoms with Gasteiger partial charge in [-0.2, -0.15) is 0 Å². The first-order chi connectivity index (χ1) is 7.31. The molecule has 3 atom stereocenters. The Kier molecular flexibility index (Phi) is 6.22. The van der Waals surface area contributed by atoms with Gasteiger partial charge in [-0.3, -0.25) is 0 Å². The van der Waals surface area contributed by atoms with E-state index in [4.69, 9.17) is 0 Å². The van der Waals surface area contributed by atoms with E-state index in [1.54, 1.807) is 0 Å². The van der Waals surface area contributed by atoms with E-state index in [2.05, 4.69) is 36.7 Å². The monoisotopic (exact) mass is 213 g/mol. The first-order valence-corrected chi connectivity index (χ1v) is 6.51. The van der Waals surface area contributed by atoms with Crippen molar-refractivity contribution in [1.29, 1.82) is 0 Å². The van der Waals surface area contributed by atoms with Gasteiger partial charge in [0.2, 0.25) is 0 Å². The minimum Gasteiger partial charge on any atom is -0.314 e. The second kappa shape index (κ2) is 7.20. The summed E-state index contributed by atoms with van der Waals surface area (Å²) in [5.41, 5.74) is 0. The molecule has 0 bridgehead atoms. The topological polar surface area (TPSA) is 36.1 Å². The molecular formula is C12H27N3. The molecule has 15 heavy (non-hydrogen) atoms. The smallest absolute Gasteiger partial charge is 0.0235 e. The maximum Gasteiger partial charge on any atom is 0.0235 e. The van der Waals surface area contributed by atoms with E-state index in [0.29, 0.717) is 18.1 Å². The molecule has 90 valence electrons. The highest BCUT2D eigenvalue weighted by atomic mass is 15.0. The zero-order valence-corrected chi connectivity index (χ0v) is 10.5. The summed E-state index contributed by atoms with van der Waals surface area (Å²) in [5.74, 6) is 0. The summed E-state index contributed by atoms with van der Waals surface area (Å²) >= 11 is 0. The first-order valence-electron chi connectivity index (χ1n) is 6.51. The third kappa shape index (κ3) is 4.09. The Balaban J connectivity index is 2.41. The molecule has 3 nitrogen and oxygen atoms in total. The highest BCUT2D eigenvalue weighted by molar-refractivity contribution is 4.91. The summed E-state index contributed by atoms with van der Waals surface area (Å²) in [5, 5.41) is 10.8. The van der Waals surface area contributed by atoms with Crippen molar-refractivity contribution in [3.63, 3.8) is 0 Å². The number of nitrogens with one attached hydrogen (secondary N) is 3. The molecule has 3 N–H and O–H groups in total. The fraction of sp³-hybridized carbons (Fsp3) is 1.00. The van der Waals surface area contributed by atoms with Crippen molar-refractivity contribution in [3.8, 4) is 0 Å². The van der Waals surface area contributed by atoms with E-state index >= 15 is 0 Å². The number of rotatable bonds is 6. The fourth-order valence-corrected chi connectivity index (χ4v) is 2.64. The Labute approximate surface area is 94.4 Å². The van der Waals surface area contributed by atoms with Crippen molar-refractivity contribution >= 4 is 0 Å². The van der Waals surface area contributed by atoms with Gasteiger partial charge in [-0.05, 0) is 38.9 Å². The van der Waals surface area contributed by atoms with Gasteiger partial charge in [0.1, 0.15) is 0 Å². The number of hydrogen-bond acceptors (Lipinski definition) is 3. The van der Waals surface area contributed by atoms with Gasteiger partial charge < -0.3 is 16.0 Å². The zero-order valence-electron chi connectivity index (χ0n) is 10.5. The summed E-state index contributed by atoms with van der Waals surface area (Å²) in [7, 11) is 0. The lowest BCUT2D eigenvalue weighted by molar-refractivity contribution is 0.247. The van der Waals surface area contributed by atoms with Crippen LogP contribution in [0, 0.1) is 0 Å². The second-order valence-electron chi connectivity index (χ2n) is 4.40. The van der Waals surface area contributed by atoms with Crippen molar-refractivity contribution in [3.05, 3.63) is 0 Å². The first kappa shape index (κ1) is 12.9. The van der Waals surface area contributed by atoms with Crippen LogP contribution in [0.3, 0.4) is 0 Å². The lowest BCUT2D eigenvalue weighted by atomic mass is 9.86. The van der Waals surface area contributed by atoms with Crippen LogP contribution in [0.5, 0.6) is 0 Å². The molecule has 1 aliphatic rings. The predicted molar refractivity (Wildman–Crippen MR) is 66.2 cm³/mol. The van der Waals surface area contributed by atoms with Crippen molar-refractivity contribution in [2.75, 3.05) is 19.6 Å². The van der Waals surface area contributed by atoms with Crippen molar-refractivity contribution in [2.24, 2.45) is 0 Å². The lowest BCUT2D eigenvalue weighted by Crippen LogP contribution is -2.54. The van der Waals surface area contributed by atoms with Crippen LogP contribution >= 0.6 is 0 Å². The largest absolute Gasteiger partial charge is 0.314 e. The molecule has 0 aromatic rings. The second-order valence-corrected chi connectivity index (χ2v) is 4.40. The molecule has 1 aliphatic carbocycles. The molecule has 1 saturated carbocycles. The summed E-state index contributed by atoms with van der Waals surface area (Å²) in [6.07, 6.45) is 3.87. The highest BCUT2D eigenvalue weighted by Gasteiger charge is 2.28. The van der Waals surface area contributed by atoms with Gasteiger partial charge in [0.05, 0.1) is 0 Å². The van der Waals surface area contributed by atoms with Gasteiger partial charge in [0.25, 0.3) is 0 Å². The van der Waals surface area contributed by atoms with Gasteiger partial charge in [0.15, 0.2) is 0 Å². The Hall–Kier alpha value is -0.120. The van der Waals surface area contributed by atoms with Gasteiger partial charge >= 0.3 is 0 Å². The minimum atomic E-state index is 0.646. The Morgan fingerprint density at radius 1 is 0.800 bits per heavy atom. The van der Waals surface area contributed by atoms with E-state index < -0.39 is 0 Å². The molecule has 0 aromatic heterocycles. The Morgan fingerprint density at radius 2 is 1.40 bits per heavy atom. The van der Waals surface area contributed by atoms with Crippen LogP contribution in [0.25, 0.3) is 0 Å². The van der Waals surface area contributed by atoms with E-state index in [9.17, 15) is 0 Å². The molecule has 0 heterocycles. The lowest BCUT2D eigenvalue weighted by Gasteiger charge is -2.37. The summed E-state index contributed by atoms with van der Waals surface area (Å²) < 4.78 is 0. The molecule has 1 fully saturated rings. The Morgan fingerprint density at radius 3 is 2.00 bits per heavy atom. The van der Waals surface area contributed by atoms with E-state index in [1.165, 1.54) is 19.3 Å². The van der Waals surface area contributed by atoms with Crippen molar-refractivity contribution in [1.82, 2.24) is 16.0 Å². The van der Waals surface area contributed by atoms with Crippen LogP contribution in [0.1, 0.15) is 40.0 Å². The molecule has 0 aliphatic heterocycles. The minimum absolute atomic E-state index is 0.646. The number of hydrogen-bond donors (Lipinski definition) is 3. The van der Waals surface area contributed by atoms with Gasteiger partial charge in [-0.15, -0.1) is 0 Å². The summed E-state index contributed by atoms with van der Waals surface area (Å²) in [6, 6.07) is 2.03. The van der Waals surface area contributed by atoms with E-state index in [1.807, 2.05) is 0 Å². The molecule has 3 heteroatoms. The maximum atomic E-state index is 3.61. The van der Waals surface area contributed by atoms with Crippen LogP contribution in [0.2, 0.25) is 0 Å². The van der Waals surface area contributed by atoms with Crippen LogP contribution in [-0.2, 0) is 0 Å². The average Bonchev–Trinajstić information content (AvgIpc) is 2.23. The average molecular weight is 213 g/mol. The van der Waals surface area contributed by atoms with Crippen molar-refractivity contribution in [2.45, 2.75) is 58.2 Å². The van der Waals surface area contributed by atoms with Crippen molar-refractivity contribution < 1.29 is 0 Å². The number of likely N-dealkylation sites (N-methyl/N-ethyl adjacent to an activating group) is 2. The standard InChI is InChI=1S/C12H27N3/c1-4-13-10-7-8-11(14-5-2)12(9-10)15-6-3/h10-15H,4-9H2,1-3H3/t10-,11+,12-/m0/s1. The van der Waals surface area contributed by atoms with Crippen LogP contribution in [0.15, 0.2) is 0 Å². The SMILES string of the molecule is CCN[C@H]1CC[C@@H](NCC)[C@@H](NCC)C1. The predicted octanol–water partition coefficient (Wildman–Crippen LogP) is 1.10. The van der Waals surface area contributed by atoms with Gasteiger partial charge in [-0.1, -0.05) is 20.8 Å². The third-order valence-corrected chi connectivity index (χ3v) is 3.28. The molecule has 0 amide bonds. The summed E-state index contributed by atoms with van der Waals surface area (Å²) in [4.78, 5) is 0. The highest BCUT2D eigenvalue weighted by Crippen LogP contribution is 2.19. The molecule has 0 spiro atoms. The van der Waals surface area contributed by atoms with Crippen LogP contribution in [-0.4, -0.2) is 37.8 Å². The fourth-order valence-electron chi connectivity index (χ4n) is 2.64. The molecule has 0 saturated heterocycles. The van der Waals surface area contributed by atoms with Gasteiger partial charge in [-0.25, -0.2) is 0 Å². The quantitative estimate of drug-likeness (QED) is 0.618. The van der Waals surface area contributed by atoms with E-state index in [0.717, 1.165) is 19.6 Å². The molecule has 1 rings (SSSR count). The van der Waals surface area contributed by atoms with Gasteiger partial charge in [0, 0.05) is 18.1 Å². The van der Waals surface area contributed by atoms with Crippen LogP contribution < -0.4 is 16.0 Å².